The number of hydrogen-bond acceptors (Lipinski definition) is 3. The van der Waals surface area contributed by atoms with E-state index in [-0.39, 0.29) is 11.7 Å². The van der Waals surface area contributed by atoms with Gasteiger partial charge in [0, 0.05) is 56.7 Å². The maximum absolute atomic E-state index is 13.7. The third kappa shape index (κ3) is 4.03. The Bertz CT molecular complexity index is 829. The Morgan fingerprint density at radius 3 is 1.93 bits per heavy atom. The number of piperazine rings is 1. The maximum atomic E-state index is 13.7. The Kier molecular flexibility index (Phi) is 5.32. The Hall–Kier alpha value is -2.83. The summed E-state index contributed by atoms with van der Waals surface area (Å²) >= 11 is 0. The molecule has 2 fully saturated rings. The van der Waals surface area contributed by atoms with Crippen LogP contribution in [0.1, 0.15) is 12.8 Å². The van der Waals surface area contributed by atoms with Gasteiger partial charge in [-0.05, 0) is 49.2 Å². The van der Waals surface area contributed by atoms with E-state index in [1.807, 2.05) is 0 Å². The minimum Gasteiger partial charge on any atom is -0.372 e. The van der Waals surface area contributed by atoms with E-state index in [4.69, 9.17) is 0 Å². The number of anilines is 3. The third-order valence-electron chi connectivity index (χ3n) is 5.43. The van der Waals surface area contributed by atoms with Gasteiger partial charge in [-0.15, -0.1) is 0 Å². The molecule has 2 saturated heterocycles. The van der Waals surface area contributed by atoms with Crippen LogP contribution < -0.4 is 15.1 Å². The fraction of sp³-hybridized carbons (Fsp3) is 0.381. The van der Waals surface area contributed by atoms with Gasteiger partial charge in [0.05, 0.1) is 5.69 Å². The molecular formula is C21H24F2N4O. The van der Waals surface area contributed by atoms with Crippen LogP contribution >= 0.6 is 0 Å². The van der Waals surface area contributed by atoms with Crippen molar-refractivity contribution in [2.75, 3.05) is 54.4 Å². The first-order valence-corrected chi connectivity index (χ1v) is 9.71. The number of carbonyl (C=O) groups excluding carboxylic acids is 1. The fourth-order valence-electron chi connectivity index (χ4n) is 3.80. The van der Waals surface area contributed by atoms with Crippen LogP contribution in [0.25, 0.3) is 0 Å². The second-order valence-corrected chi connectivity index (χ2v) is 7.24. The van der Waals surface area contributed by atoms with Gasteiger partial charge in [-0.3, -0.25) is 0 Å². The van der Waals surface area contributed by atoms with Gasteiger partial charge in [0.15, 0.2) is 0 Å². The van der Waals surface area contributed by atoms with Gasteiger partial charge in [-0.1, -0.05) is 0 Å². The fourth-order valence-corrected chi connectivity index (χ4v) is 3.80. The Morgan fingerprint density at radius 2 is 1.36 bits per heavy atom. The number of urea groups is 1. The lowest BCUT2D eigenvalue weighted by molar-refractivity contribution is 0.208. The van der Waals surface area contributed by atoms with E-state index in [9.17, 15) is 13.6 Å². The highest BCUT2D eigenvalue weighted by Crippen LogP contribution is 2.25. The molecule has 2 heterocycles. The van der Waals surface area contributed by atoms with E-state index in [0.717, 1.165) is 30.9 Å². The molecule has 4 rings (SSSR count). The lowest BCUT2D eigenvalue weighted by Gasteiger charge is -2.36. The molecule has 7 heteroatoms. The van der Waals surface area contributed by atoms with E-state index >= 15 is 0 Å². The molecule has 1 N–H and O–H groups in total. The SMILES string of the molecule is O=C(Nc1ccc(F)cc1F)N1CCN(c2ccc(N3CCCC3)cc2)CC1. The van der Waals surface area contributed by atoms with Crippen LogP contribution in [0.3, 0.4) is 0 Å². The minimum atomic E-state index is -0.773. The summed E-state index contributed by atoms with van der Waals surface area (Å²) in [4.78, 5) is 18.7. The predicted octanol–water partition coefficient (Wildman–Crippen LogP) is 3.92. The number of benzene rings is 2. The smallest absolute Gasteiger partial charge is 0.322 e. The second-order valence-electron chi connectivity index (χ2n) is 7.24. The van der Waals surface area contributed by atoms with Gasteiger partial charge < -0.3 is 20.0 Å². The second kappa shape index (κ2) is 8.04. The first-order chi connectivity index (χ1) is 13.6. The van der Waals surface area contributed by atoms with Crippen LogP contribution in [0.2, 0.25) is 0 Å². The third-order valence-corrected chi connectivity index (χ3v) is 5.43. The van der Waals surface area contributed by atoms with Crippen LogP contribution in [0.15, 0.2) is 42.5 Å². The van der Waals surface area contributed by atoms with Crippen LogP contribution in [0, 0.1) is 11.6 Å². The zero-order valence-electron chi connectivity index (χ0n) is 15.7. The number of amides is 2. The zero-order chi connectivity index (χ0) is 19.5. The summed E-state index contributed by atoms with van der Waals surface area (Å²) in [5.41, 5.74) is 2.40. The summed E-state index contributed by atoms with van der Waals surface area (Å²) in [6.45, 7) is 4.76. The summed E-state index contributed by atoms with van der Waals surface area (Å²) in [6.07, 6.45) is 2.52. The highest BCUT2D eigenvalue weighted by molar-refractivity contribution is 5.89. The number of carbonyl (C=O) groups is 1. The predicted molar refractivity (Wildman–Crippen MR) is 107 cm³/mol. The highest BCUT2D eigenvalue weighted by Gasteiger charge is 2.22. The monoisotopic (exact) mass is 386 g/mol. The van der Waals surface area contributed by atoms with Crippen LogP contribution in [0.5, 0.6) is 0 Å². The molecule has 148 valence electrons. The molecule has 5 nitrogen and oxygen atoms in total. The topological polar surface area (TPSA) is 38.8 Å². The average molecular weight is 386 g/mol. The summed E-state index contributed by atoms with van der Waals surface area (Å²) in [5, 5.41) is 2.52. The van der Waals surface area contributed by atoms with Gasteiger partial charge in [-0.25, -0.2) is 13.6 Å². The normalized spacial score (nSPS) is 17.1. The molecule has 0 bridgehead atoms. The largest absolute Gasteiger partial charge is 0.372 e. The van der Waals surface area contributed by atoms with Crippen molar-refractivity contribution in [1.29, 1.82) is 0 Å². The zero-order valence-corrected chi connectivity index (χ0v) is 15.7. The van der Waals surface area contributed by atoms with E-state index in [1.165, 1.54) is 24.6 Å². The van der Waals surface area contributed by atoms with Crippen LogP contribution in [0.4, 0.5) is 30.6 Å². The van der Waals surface area contributed by atoms with Gasteiger partial charge >= 0.3 is 6.03 Å². The molecule has 2 aliphatic rings. The molecule has 0 radical (unpaired) electrons. The average Bonchev–Trinajstić information content (AvgIpc) is 3.25. The molecule has 0 atom stereocenters. The van der Waals surface area contributed by atoms with Crippen molar-refractivity contribution in [2.24, 2.45) is 0 Å². The molecule has 2 aromatic rings. The summed E-state index contributed by atoms with van der Waals surface area (Å²) in [7, 11) is 0. The van der Waals surface area contributed by atoms with Crippen molar-refractivity contribution in [3.8, 4) is 0 Å². The van der Waals surface area contributed by atoms with Crippen LogP contribution in [-0.4, -0.2) is 50.2 Å². The van der Waals surface area contributed by atoms with Crippen molar-refractivity contribution in [3.63, 3.8) is 0 Å². The first kappa shape index (κ1) is 18.5. The number of nitrogens with zero attached hydrogens (tertiary/aromatic N) is 3. The Balaban J connectivity index is 1.32. The Morgan fingerprint density at radius 1 is 0.786 bits per heavy atom. The van der Waals surface area contributed by atoms with Gasteiger partial charge in [-0.2, -0.15) is 0 Å². The minimum absolute atomic E-state index is 0.00803. The molecule has 0 aliphatic carbocycles. The first-order valence-electron chi connectivity index (χ1n) is 9.71. The molecule has 0 aromatic heterocycles. The lowest BCUT2D eigenvalue weighted by Crippen LogP contribution is -2.50. The summed E-state index contributed by atoms with van der Waals surface area (Å²) in [5.74, 6) is -1.44. The number of rotatable bonds is 3. The Labute approximate surface area is 163 Å². The van der Waals surface area contributed by atoms with Gasteiger partial charge in [0.1, 0.15) is 11.6 Å². The molecule has 2 amide bonds. The standard InChI is InChI=1S/C21H24F2N4O/c22-16-3-8-20(19(23)15-16)24-21(28)27-13-11-26(12-14-27)18-6-4-17(5-7-18)25-9-1-2-10-25/h3-8,15H,1-2,9-14H2,(H,24,28). The van der Waals surface area contributed by atoms with E-state index in [2.05, 4.69) is 39.4 Å². The number of hydrogen-bond donors (Lipinski definition) is 1. The van der Waals surface area contributed by atoms with Gasteiger partial charge in [0.25, 0.3) is 0 Å². The van der Waals surface area contributed by atoms with Gasteiger partial charge in [0.2, 0.25) is 0 Å². The lowest BCUT2D eigenvalue weighted by atomic mass is 10.2. The van der Waals surface area contributed by atoms with Crippen molar-refractivity contribution < 1.29 is 13.6 Å². The molecule has 0 spiro atoms. The van der Waals surface area contributed by atoms with Crippen molar-refractivity contribution in [2.45, 2.75) is 12.8 Å². The molecule has 0 saturated carbocycles. The molecule has 2 aromatic carbocycles. The summed E-state index contributed by atoms with van der Waals surface area (Å²) in [6, 6.07) is 11.4. The van der Waals surface area contributed by atoms with E-state index in [0.29, 0.717) is 26.2 Å². The van der Waals surface area contributed by atoms with Crippen LogP contribution in [-0.2, 0) is 0 Å². The maximum Gasteiger partial charge on any atom is 0.322 e. The van der Waals surface area contributed by atoms with E-state index in [1.54, 1.807) is 4.90 Å². The number of nitrogens with one attached hydrogen (secondary N) is 1. The molecule has 28 heavy (non-hydrogen) atoms. The van der Waals surface area contributed by atoms with Crippen molar-refractivity contribution in [3.05, 3.63) is 54.1 Å². The summed E-state index contributed by atoms with van der Waals surface area (Å²) < 4.78 is 26.7. The van der Waals surface area contributed by atoms with Crippen molar-refractivity contribution in [1.82, 2.24) is 4.90 Å². The molecule has 0 unspecified atom stereocenters. The molecule has 2 aliphatic heterocycles. The number of halogens is 2. The quantitative estimate of drug-likeness (QED) is 0.869. The highest BCUT2D eigenvalue weighted by atomic mass is 19.1. The van der Waals surface area contributed by atoms with E-state index < -0.39 is 11.6 Å². The molecular weight excluding hydrogens is 362 g/mol. The van der Waals surface area contributed by atoms with Crippen molar-refractivity contribution >= 4 is 23.1 Å².